The van der Waals surface area contributed by atoms with Crippen molar-refractivity contribution in [1.29, 1.82) is 0 Å². The topological polar surface area (TPSA) is 52.1 Å². The van der Waals surface area contributed by atoms with Crippen LogP contribution in [0.15, 0.2) is 54.6 Å². The molecule has 0 saturated heterocycles. The lowest BCUT2D eigenvalue weighted by Gasteiger charge is -2.48. The van der Waals surface area contributed by atoms with Crippen molar-refractivity contribution in [3.05, 3.63) is 71.6 Å². The molecule has 6 rings (SSSR count). The van der Waals surface area contributed by atoms with Gasteiger partial charge in [-0.3, -0.25) is 0 Å². The molecule has 32 heavy (non-hydrogen) atoms. The highest BCUT2D eigenvalue weighted by Gasteiger charge is 2.46. The van der Waals surface area contributed by atoms with Crippen LogP contribution < -0.4 is 0 Å². The number of hydrogen-bond donors (Lipinski definition) is 2. The first-order valence-electron chi connectivity index (χ1n) is 12.1. The van der Waals surface area contributed by atoms with Crippen LogP contribution in [-0.2, 0) is 6.42 Å². The van der Waals surface area contributed by atoms with Crippen molar-refractivity contribution in [3.8, 4) is 0 Å². The molecule has 2 bridgehead atoms. The van der Waals surface area contributed by atoms with Crippen LogP contribution in [0.1, 0.15) is 49.1 Å². The second-order valence-corrected chi connectivity index (χ2v) is 9.98. The Balaban J connectivity index is 1.15. The number of aryl methyl sites for hydroxylation is 2. The van der Waals surface area contributed by atoms with Gasteiger partial charge in [0.05, 0.1) is 16.6 Å². The molecule has 0 aliphatic heterocycles. The average Bonchev–Trinajstić information content (AvgIpc) is 3.21. The van der Waals surface area contributed by atoms with Gasteiger partial charge in [-0.1, -0.05) is 42.5 Å². The van der Waals surface area contributed by atoms with Gasteiger partial charge in [-0.25, -0.2) is 4.98 Å². The molecule has 1 saturated carbocycles. The summed E-state index contributed by atoms with van der Waals surface area (Å²) in [5, 5.41) is 11.5. The summed E-state index contributed by atoms with van der Waals surface area (Å²) >= 11 is 0. The highest BCUT2D eigenvalue weighted by Crippen LogP contribution is 2.51. The normalized spacial score (nSPS) is 24.9. The van der Waals surface area contributed by atoms with E-state index >= 15 is 0 Å². The SMILES string of the molecule is Cc1ccccc1C1=C[C@H]2CC[C@H]1C[C@@]2(O)CCN(C)CCCc1nc2ccccc2[nH]1. The first-order chi connectivity index (χ1) is 15.5. The maximum atomic E-state index is 11.5. The Kier molecular flexibility index (Phi) is 5.92. The third-order valence-corrected chi connectivity index (χ3v) is 7.71. The highest BCUT2D eigenvalue weighted by molar-refractivity contribution is 5.74. The van der Waals surface area contributed by atoms with Crippen molar-refractivity contribution in [1.82, 2.24) is 14.9 Å². The van der Waals surface area contributed by atoms with Gasteiger partial charge in [-0.15, -0.1) is 0 Å². The zero-order valence-electron chi connectivity index (χ0n) is 19.3. The lowest BCUT2D eigenvalue weighted by Crippen LogP contribution is -2.48. The summed E-state index contributed by atoms with van der Waals surface area (Å²) in [5.74, 6) is 1.84. The largest absolute Gasteiger partial charge is 0.389 e. The smallest absolute Gasteiger partial charge is 0.107 e. The molecular formula is C28H35N3O. The summed E-state index contributed by atoms with van der Waals surface area (Å²) in [6, 6.07) is 16.9. The Bertz CT molecular complexity index is 1080. The van der Waals surface area contributed by atoms with E-state index in [0.29, 0.717) is 5.92 Å². The molecule has 3 aromatic rings. The number of benzene rings is 2. The molecular weight excluding hydrogens is 394 g/mol. The number of aliphatic hydroxyl groups is 1. The molecule has 2 aromatic carbocycles. The number of aromatic amines is 1. The van der Waals surface area contributed by atoms with Crippen LogP contribution >= 0.6 is 0 Å². The summed E-state index contributed by atoms with van der Waals surface area (Å²) in [6.45, 7) is 4.16. The summed E-state index contributed by atoms with van der Waals surface area (Å²) in [6.07, 6.45) is 8.51. The van der Waals surface area contributed by atoms with Crippen molar-refractivity contribution in [2.75, 3.05) is 20.1 Å². The van der Waals surface area contributed by atoms with Gasteiger partial charge in [-0.05, 0) is 87.4 Å². The summed E-state index contributed by atoms with van der Waals surface area (Å²) in [5.41, 5.74) is 5.81. The molecule has 4 nitrogen and oxygen atoms in total. The van der Waals surface area contributed by atoms with Gasteiger partial charge in [0.15, 0.2) is 0 Å². The Morgan fingerprint density at radius 3 is 2.69 bits per heavy atom. The number of imidazole rings is 1. The number of aromatic nitrogens is 2. The second-order valence-electron chi connectivity index (χ2n) is 9.98. The zero-order valence-corrected chi connectivity index (χ0v) is 19.3. The fraction of sp³-hybridized carbons (Fsp3) is 0.464. The van der Waals surface area contributed by atoms with E-state index < -0.39 is 5.60 Å². The van der Waals surface area contributed by atoms with Crippen LogP contribution in [0.25, 0.3) is 16.6 Å². The molecule has 0 amide bonds. The van der Waals surface area contributed by atoms with Crippen LogP contribution in [0, 0.1) is 18.8 Å². The minimum atomic E-state index is -0.553. The van der Waals surface area contributed by atoms with Crippen LogP contribution in [0.5, 0.6) is 0 Å². The van der Waals surface area contributed by atoms with Crippen LogP contribution in [0.4, 0.5) is 0 Å². The Morgan fingerprint density at radius 2 is 1.91 bits per heavy atom. The van der Waals surface area contributed by atoms with Crippen molar-refractivity contribution < 1.29 is 5.11 Å². The standard InChI is InChI=1S/C28H35N3O/c1-20-8-3-4-9-23(20)24-18-22-14-13-21(24)19-28(22,32)15-17-31(2)16-7-12-27-29-25-10-5-6-11-26(25)30-27/h3-6,8-11,18,21-22,32H,7,12-17,19H2,1-2H3,(H,29,30)/t21-,22+,28-/m0/s1. The van der Waals surface area contributed by atoms with E-state index in [1.54, 1.807) is 0 Å². The van der Waals surface area contributed by atoms with E-state index in [4.69, 9.17) is 0 Å². The van der Waals surface area contributed by atoms with Gasteiger partial charge < -0.3 is 15.0 Å². The summed E-state index contributed by atoms with van der Waals surface area (Å²) < 4.78 is 0. The van der Waals surface area contributed by atoms with Gasteiger partial charge in [-0.2, -0.15) is 0 Å². The van der Waals surface area contributed by atoms with Gasteiger partial charge in [0.25, 0.3) is 0 Å². The number of hydrogen-bond acceptors (Lipinski definition) is 3. The van der Waals surface area contributed by atoms with Gasteiger partial charge >= 0.3 is 0 Å². The number of allylic oxidation sites excluding steroid dienone is 1. The maximum Gasteiger partial charge on any atom is 0.107 e. The average molecular weight is 430 g/mol. The van der Waals surface area contributed by atoms with Crippen LogP contribution in [-0.4, -0.2) is 45.7 Å². The molecule has 3 aliphatic rings. The predicted octanol–water partition coefficient (Wildman–Crippen LogP) is 5.37. The number of nitrogens with zero attached hydrogens (tertiary/aromatic N) is 2. The van der Waals surface area contributed by atoms with E-state index in [2.05, 4.69) is 71.3 Å². The molecule has 1 fully saturated rings. The second kappa shape index (κ2) is 8.84. The van der Waals surface area contributed by atoms with E-state index in [1.807, 2.05) is 12.1 Å². The summed E-state index contributed by atoms with van der Waals surface area (Å²) in [4.78, 5) is 10.5. The first-order valence-corrected chi connectivity index (χ1v) is 12.1. The minimum Gasteiger partial charge on any atom is -0.389 e. The molecule has 1 aromatic heterocycles. The van der Waals surface area contributed by atoms with Gasteiger partial charge in [0.1, 0.15) is 5.82 Å². The van der Waals surface area contributed by atoms with E-state index in [1.165, 1.54) is 23.1 Å². The van der Waals surface area contributed by atoms with E-state index in [-0.39, 0.29) is 5.92 Å². The van der Waals surface area contributed by atoms with E-state index in [0.717, 1.165) is 62.1 Å². The number of fused-ring (bicyclic) bond motifs is 3. The zero-order chi connectivity index (χ0) is 22.1. The Hall–Kier alpha value is -2.43. The molecule has 168 valence electrons. The number of rotatable bonds is 8. The monoisotopic (exact) mass is 429 g/mol. The molecule has 3 aliphatic carbocycles. The molecule has 4 heteroatoms. The van der Waals surface area contributed by atoms with E-state index in [9.17, 15) is 5.11 Å². The first kappa shape index (κ1) is 21.4. The molecule has 3 atom stereocenters. The van der Waals surface area contributed by atoms with Crippen molar-refractivity contribution in [2.24, 2.45) is 11.8 Å². The van der Waals surface area contributed by atoms with Crippen molar-refractivity contribution in [2.45, 2.75) is 51.0 Å². The quantitative estimate of drug-likeness (QED) is 0.506. The molecule has 1 heterocycles. The lowest BCUT2D eigenvalue weighted by atomic mass is 9.60. The van der Waals surface area contributed by atoms with Gasteiger partial charge in [0, 0.05) is 18.9 Å². The Labute approximate surface area is 191 Å². The third-order valence-electron chi connectivity index (χ3n) is 7.71. The molecule has 0 radical (unpaired) electrons. The van der Waals surface area contributed by atoms with Crippen LogP contribution in [0.2, 0.25) is 0 Å². The molecule has 0 spiro atoms. The third kappa shape index (κ3) is 4.26. The predicted molar refractivity (Wildman–Crippen MR) is 131 cm³/mol. The van der Waals surface area contributed by atoms with Crippen molar-refractivity contribution in [3.63, 3.8) is 0 Å². The van der Waals surface area contributed by atoms with Gasteiger partial charge in [0.2, 0.25) is 0 Å². The maximum absolute atomic E-state index is 11.5. The minimum absolute atomic E-state index is 0.283. The van der Waals surface area contributed by atoms with Crippen molar-refractivity contribution >= 4 is 16.6 Å². The lowest BCUT2D eigenvalue weighted by molar-refractivity contribution is -0.0574. The Morgan fingerprint density at radius 1 is 1.09 bits per heavy atom. The fourth-order valence-corrected chi connectivity index (χ4v) is 5.82. The number of H-pyrrole nitrogens is 1. The number of para-hydroxylation sites is 2. The fourth-order valence-electron chi connectivity index (χ4n) is 5.82. The van der Waals surface area contributed by atoms with Crippen LogP contribution in [0.3, 0.4) is 0 Å². The molecule has 0 unspecified atom stereocenters. The molecule has 2 N–H and O–H groups in total. The highest BCUT2D eigenvalue weighted by atomic mass is 16.3. The summed E-state index contributed by atoms with van der Waals surface area (Å²) in [7, 11) is 2.18. The number of nitrogens with one attached hydrogen (secondary N) is 1.